The van der Waals surface area contributed by atoms with Gasteiger partial charge in [-0.25, -0.2) is 0 Å². The highest BCUT2D eigenvalue weighted by atomic mass is 16.5. The van der Waals surface area contributed by atoms with Crippen LogP contribution in [0.2, 0.25) is 0 Å². The van der Waals surface area contributed by atoms with Gasteiger partial charge in [0.05, 0.1) is 0 Å². The Hall–Kier alpha value is -1.51. The Bertz CT molecular complexity index is 406. The molecule has 0 radical (unpaired) electrons. The second kappa shape index (κ2) is 5.01. The summed E-state index contributed by atoms with van der Waals surface area (Å²) in [5.74, 6) is 1.47. The van der Waals surface area contributed by atoms with Crippen LogP contribution in [0.4, 0.5) is 0 Å². The van der Waals surface area contributed by atoms with Crippen molar-refractivity contribution in [2.75, 3.05) is 6.54 Å². The molecule has 96 valence electrons. The summed E-state index contributed by atoms with van der Waals surface area (Å²) in [6, 6.07) is 10.4. The van der Waals surface area contributed by atoms with Gasteiger partial charge in [-0.3, -0.25) is 4.79 Å². The van der Waals surface area contributed by atoms with Gasteiger partial charge in [0, 0.05) is 24.9 Å². The van der Waals surface area contributed by atoms with Crippen molar-refractivity contribution in [3.8, 4) is 5.75 Å². The van der Waals surface area contributed by atoms with E-state index in [-0.39, 0.29) is 6.10 Å². The monoisotopic (exact) mass is 245 g/mol. The summed E-state index contributed by atoms with van der Waals surface area (Å²) in [7, 11) is 0. The SMILES string of the molecule is O=CN1CCC(Oc2ccccc2)C2CCCC21. The van der Waals surface area contributed by atoms with E-state index in [2.05, 4.69) is 0 Å². The molecule has 1 aromatic carbocycles. The number of carbonyl (C=O) groups excluding carboxylic acids is 1. The maximum Gasteiger partial charge on any atom is 0.209 e. The first-order chi connectivity index (χ1) is 8.88. The first kappa shape index (κ1) is 11.6. The van der Waals surface area contributed by atoms with Crippen LogP contribution in [0.5, 0.6) is 5.75 Å². The van der Waals surface area contributed by atoms with Crippen molar-refractivity contribution in [1.29, 1.82) is 0 Å². The lowest BCUT2D eigenvalue weighted by Crippen LogP contribution is -2.49. The lowest BCUT2D eigenvalue weighted by molar-refractivity contribution is -0.124. The lowest BCUT2D eigenvalue weighted by atomic mass is 9.89. The number of carbonyl (C=O) groups is 1. The zero-order valence-corrected chi connectivity index (χ0v) is 10.5. The van der Waals surface area contributed by atoms with Gasteiger partial charge in [0.1, 0.15) is 11.9 Å². The zero-order chi connectivity index (χ0) is 12.4. The molecule has 1 aliphatic carbocycles. The number of rotatable bonds is 3. The van der Waals surface area contributed by atoms with Crippen LogP contribution in [0, 0.1) is 5.92 Å². The largest absolute Gasteiger partial charge is 0.490 e. The smallest absolute Gasteiger partial charge is 0.209 e. The van der Waals surface area contributed by atoms with E-state index in [1.165, 1.54) is 12.8 Å². The molecule has 3 rings (SSSR count). The third-order valence-electron chi connectivity index (χ3n) is 4.27. The molecule has 2 aliphatic rings. The number of benzene rings is 1. The summed E-state index contributed by atoms with van der Waals surface area (Å²) in [5, 5.41) is 0. The molecule has 1 heterocycles. The minimum atomic E-state index is 0.274. The number of hydrogen-bond donors (Lipinski definition) is 0. The van der Waals surface area contributed by atoms with E-state index in [1.54, 1.807) is 0 Å². The molecule has 0 aromatic heterocycles. The van der Waals surface area contributed by atoms with Crippen LogP contribution in [0.3, 0.4) is 0 Å². The number of para-hydroxylation sites is 1. The summed E-state index contributed by atoms with van der Waals surface area (Å²) >= 11 is 0. The van der Waals surface area contributed by atoms with Gasteiger partial charge in [0.25, 0.3) is 0 Å². The number of nitrogens with zero attached hydrogens (tertiary/aromatic N) is 1. The van der Waals surface area contributed by atoms with Gasteiger partial charge < -0.3 is 9.64 Å². The zero-order valence-electron chi connectivity index (χ0n) is 10.5. The first-order valence-electron chi connectivity index (χ1n) is 6.81. The van der Waals surface area contributed by atoms with Gasteiger partial charge in [0.15, 0.2) is 0 Å². The van der Waals surface area contributed by atoms with E-state index < -0.39 is 0 Å². The molecule has 1 saturated heterocycles. The summed E-state index contributed by atoms with van der Waals surface area (Å²) in [6.07, 6.45) is 5.78. The van der Waals surface area contributed by atoms with E-state index >= 15 is 0 Å². The van der Waals surface area contributed by atoms with E-state index in [9.17, 15) is 4.79 Å². The fraction of sp³-hybridized carbons (Fsp3) is 0.533. The molecule has 3 nitrogen and oxygen atoms in total. The molecule has 1 aliphatic heterocycles. The maximum atomic E-state index is 11.1. The fourth-order valence-corrected chi connectivity index (χ4v) is 3.42. The van der Waals surface area contributed by atoms with Gasteiger partial charge in [-0.2, -0.15) is 0 Å². The highest BCUT2D eigenvalue weighted by molar-refractivity contribution is 5.48. The van der Waals surface area contributed by atoms with Crippen LogP contribution < -0.4 is 4.74 Å². The maximum absolute atomic E-state index is 11.1. The molecule has 1 aromatic rings. The Labute approximate surface area is 108 Å². The Balaban J connectivity index is 1.72. The Morgan fingerprint density at radius 3 is 2.78 bits per heavy atom. The van der Waals surface area contributed by atoms with E-state index in [0.29, 0.717) is 12.0 Å². The Morgan fingerprint density at radius 2 is 2.00 bits per heavy atom. The topological polar surface area (TPSA) is 29.5 Å². The van der Waals surface area contributed by atoms with E-state index in [1.807, 2.05) is 35.2 Å². The van der Waals surface area contributed by atoms with Crippen molar-refractivity contribution in [2.45, 2.75) is 37.8 Å². The number of amides is 1. The van der Waals surface area contributed by atoms with Crippen molar-refractivity contribution >= 4 is 6.41 Å². The van der Waals surface area contributed by atoms with E-state index in [4.69, 9.17) is 4.74 Å². The van der Waals surface area contributed by atoms with Crippen LogP contribution in [0.15, 0.2) is 30.3 Å². The van der Waals surface area contributed by atoms with Crippen molar-refractivity contribution in [1.82, 2.24) is 4.90 Å². The summed E-state index contributed by atoms with van der Waals surface area (Å²) < 4.78 is 6.12. The molecule has 0 N–H and O–H groups in total. The van der Waals surface area contributed by atoms with Crippen LogP contribution >= 0.6 is 0 Å². The molecule has 1 amide bonds. The van der Waals surface area contributed by atoms with Crippen LogP contribution in [-0.4, -0.2) is 30.0 Å². The highest BCUT2D eigenvalue weighted by Gasteiger charge is 2.41. The van der Waals surface area contributed by atoms with Gasteiger partial charge in [-0.15, -0.1) is 0 Å². The predicted molar refractivity (Wildman–Crippen MR) is 69.4 cm³/mol. The number of likely N-dealkylation sites (tertiary alicyclic amines) is 1. The predicted octanol–water partition coefficient (Wildman–Crippen LogP) is 2.46. The van der Waals surface area contributed by atoms with Crippen LogP contribution in [0.25, 0.3) is 0 Å². The van der Waals surface area contributed by atoms with Crippen molar-refractivity contribution in [3.63, 3.8) is 0 Å². The molecular formula is C15H19NO2. The molecule has 3 atom stereocenters. The molecule has 18 heavy (non-hydrogen) atoms. The van der Waals surface area contributed by atoms with Crippen molar-refractivity contribution in [3.05, 3.63) is 30.3 Å². The Kier molecular flexibility index (Phi) is 3.22. The number of ether oxygens (including phenoxy) is 1. The number of piperidine rings is 1. The third-order valence-corrected chi connectivity index (χ3v) is 4.27. The minimum Gasteiger partial charge on any atom is -0.490 e. The average Bonchev–Trinajstić information content (AvgIpc) is 2.90. The van der Waals surface area contributed by atoms with Gasteiger partial charge in [0.2, 0.25) is 6.41 Å². The van der Waals surface area contributed by atoms with Crippen LogP contribution in [-0.2, 0) is 4.79 Å². The normalized spacial score (nSPS) is 30.9. The van der Waals surface area contributed by atoms with Gasteiger partial charge in [-0.05, 0) is 25.0 Å². The molecular weight excluding hydrogens is 226 g/mol. The summed E-state index contributed by atoms with van der Waals surface area (Å²) in [4.78, 5) is 13.0. The van der Waals surface area contributed by atoms with Gasteiger partial charge in [-0.1, -0.05) is 24.6 Å². The quantitative estimate of drug-likeness (QED) is 0.766. The van der Waals surface area contributed by atoms with Crippen molar-refractivity contribution in [2.24, 2.45) is 5.92 Å². The first-order valence-corrected chi connectivity index (χ1v) is 6.81. The summed E-state index contributed by atoms with van der Waals surface area (Å²) in [6.45, 7) is 0.835. The minimum absolute atomic E-state index is 0.274. The second-order valence-corrected chi connectivity index (χ2v) is 5.26. The fourth-order valence-electron chi connectivity index (χ4n) is 3.42. The van der Waals surface area contributed by atoms with Crippen LogP contribution in [0.1, 0.15) is 25.7 Å². The highest BCUT2D eigenvalue weighted by Crippen LogP contribution is 2.38. The second-order valence-electron chi connectivity index (χ2n) is 5.26. The molecule has 1 saturated carbocycles. The molecule has 3 unspecified atom stereocenters. The molecule has 3 heteroatoms. The molecule has 0 bridgehead atoms. The average molecular weight is 245 g/mol. The van der Waals surface area contributed by atoms with Gasteiger partial charge >= 0.3 is 0 Å². The molecule has 0 spiro atoms. The number of fused-ring (bicyclic) bond motifs is 1. The number of hydrogen-bond acceptors (Lipinski definition) is 2. The standard InChI is InChI=1S/C15H19NO2/c17-11-16-10-9-15(13-7-4-8-14(13)16)18-12-5-2-1-3-6-12/h1-3,5-6,11,13-15H,4,7-10H2. The third kappa shape index (κ3) is 2.09. The Morgan fingerprint density at radius 1 is 1.17 bits per heavy atom. The van der Waals surface area contributed by atoms with E-state index in [0.717, 1.165) is 31.5 Å². The summed E-state index contributed by atoms with van der Waals surface area (Å²) in [5.41, 5.74) is 0. The van der Waals surface area contributed by atoms with Crippen molar-refractivity contribution < 1.29 is 9.53 Å². The lowest BCUT2D eigenvalue weighted by Gasteiger charge is -2.40. The molecule has 2 fully saturated rings.